The zero-order valence-corrected chi connectivity index (χ0v) is 13.4. The first-order valence-electron chi connectivity index (χ1n) is 5.80. The second-order valence-corrected chi connectivity index (χ2v) is 6.12. The summed E-state index contributed by atoms with van der Waals surface area (Å²) in [6, 6.07) is 4.94. The summed E-state index contributed by atoms with van der Waals surface area (Å²) in [7, 11) is 0. The molecule has 0 atom stereocenters. The fourth-order valence-electron chi connectivity index (χ4n) is 1.18. The van der Waals surface area contributed by atoms with Crippen molar-refractivity contribution < 1.29 is 19.4 Å². The van der Waals surface area contributed by atoms with Gasteiger partial charge in [-0.25, -0.2) is 0 Å². The van der Waals surface area contributed by atoms with E-state index in [9.17, 15) is 9.59 Å². The van der Waals surface area contributed by atoms with Crippen LogP contribution in [-0.4, -0.2) is 30.1 Å². The summed E-state index contributed by atoms with van der Waals surface area (Å²) in [6.07, 6.45) is 0. The monoisotopic (exact) mass is 363 g/mol. The molecule has 0 fully saturated rings. The third kappa shape index (κ3) is 5.02. The second kappa shape index (κ2) is 6.95. The van der Waals surface area contributed by atoms with Crippen LogP contribution in [0, 0.1) is 5.41 Å². The quantitative estimate of drug-likeness (QED) is 0.814. The molecule has 0 aliphatic heterocycles. The van der Waals surface area contributed by atoms with Gasteiger partial charge in [0.25, 0.3) is 5.91 Å². The number of hydrogen-bond donors (Lipinski definition) is 2. The van der Waals surface area contributed by atoms with Crippen LogP contribution in [0.25, 0.3) is 0 Å². The molecule has 0 aromatic heterocycles. The van der Waals surface area contributed by atoms with E-state index in [1.165, 1.54) is 13.8 Å². The number of carbonyl (C=O) groups excluding carboxylic acids is 1. The van der Waals surface area contributed by atoms with E-state index in [1.54, 1.807) is 18.2 Å². The molecule has 0 bridgehead atoms. The standard InChI is InChI=1S/C13H15BrClNO4/c1-13(2,12(18)19)7-16-11(17)6-20-10-4-3-8(15)5-9(10)14/h3-5H,6-7H2,1-2H3,(H,16,17)(H,18,19). The molecular formula is C13H15BrClNO4. The second-order valence-electron chi connectivity index (χ2n) is 4.83. The van der Waals surface area contributed by atoms with E-state index in [4.69, 9.17) is 21.4 Å². The number of carboxylic acids is 1. The van der Waals surface area contributed by atoms with E-state index in [2.05, 4.69) is 21.2 Å². The van der Waals surface area contributed by atoms with Crippen molar-refractivity contribution in [3.63, 3.8) is 0 Å². The van der Waals surface area contributed by atoms with Crippen molar-refractivity contribution >= 4 is 39.4 Å². The van der Waals surface area contributed by atoms with Crippen LogP contribution < -0.4 is 10.1 Å². The fourth-order valence-corrected chi connectivity index (χ4v) is 1.98. The fraction of sp³-hybridized carbons (Fsp3) is 0.385. The summed E-state index contributed by atoms with van der Waals surface area (Å²) in [6.45, 7) is 2.90. The third-order valence-electron chi connectivity index (χ3n) is 2.56. The van der Waals surface area contributed by atoms with Gasteiger partial charge < -0.3 is 15.2 Å². The summed E-state index contributed by atoms with van der Waals surface area (Å²) in [5.41, 5.74) is -1.02. The first-order chi connectivity index (χ1) is 9.22. The number of aliphatic carboxylic acids is 1. The van der Waals surface area contributed by atoms with E-state index < -0.39 is 11.4 Å². The Morgan fingerprint density at radius 1 is 1.45 bits per heavy atom. The number of carbonyl (C=O) groups is 2. The van der Waals surface area contributed by atoms with Crippen molar-refractivity contribution in [2.24, 2.45) is 5.41 Å². The summed E-state index contributed by atoms with van der Waals surface area (Å²) >= 11 is 9.06. The summed E-state index contributed by atoms with van der Waals surface area (Å²) in [5.74, 6) is -0.873. The van der Waals surface area contributed by atoms with Crippen molar-refractivity contribution in [3.05, 3.63) is 27.7 Å². The van der Waals surface area contributed by atoms with Gasteiger partial charge in [-0.05, 0) is 48.0 Å². The van der Waals surface area contributed by atoms with Crippen molar-refractivity contribution in [1.82, 2.24) is 5.32 Å². The topological polar surface area (TPSA) is 75.6 Å². The Morgan fingerprint density at radius 3 is 2.65 bits per heavy atom. The lowest BCUT2D eigenvalue weighted by Gasteiger charge is -2.19. The normalized spacial score (nSPS) is 11.0. The van der Waals surface area contributed by atoms with Crippen LogP contribution in [0.2, 0.25) is 5.02 Å². The number of benzene rings is 1. The largest absolute Gasteiger partial charge is 0.483 e. The minimum absolute atomic E-state index is 0.0340. The highest BCUT2D eigenvalue weighted by atomic mass is 79.9. The molecule has 1 rings (SSSR count). The molecular weight excluding hydrogens is 350 g/mol. The molecule has 110 valence electrons. The maximum atomic E-state index is 11.6. The molecule has 1 amide bonds. The number of hydrogen-bond acceptors (Lipinski definition) is 3. The SMILES string of the molecule is CC(C)(CNC(=O)COc1ccc(Cl)cc1Br)C(=O)O. The van der Waals surface area contributed by atoms with Gasteiger partial charge in [0, 0.05) is 11.6 Å². The third-order valence-corrected chi connectivity index (χ3v) is 3.41. The van der Waals surface area contributed by atoms with Crippen molar-refractivity contribution in [1.29, 1.82) is 0 Å². The van der Waals surface area contributed by atoms with Crippen LogP contribution in [0.15, 0.2) is 22.7 Å². The smallest absolute Gasteiger partial charge is 0.310 e. The molecule has 0 heterocycles. The van der Waals surface area contributed by atoms with Crippen molar-refractivity contribution in [2.45, 2.75) is 13.8 Å². The van der Waals surface area contributed by atoms with Crippen LogP contribution in [0.4, 0.5) is 0 Å². The number of amides is 1. The maximum Gasteiger partial charge on any atom is 0.310 e. The number of nitrogens with one attached hydrogen (secondary N) is 1. The van der Waals surface area contributed by atoms with E-state index in [0.717, 1.165) is 0 Å². The molecule has 20 heavy (non-hydrogen) atoms. The first-order valence-corrected chi connectivity index (χ1v) is 6.97. The lowest BCUT2D eigenvalue weighted by molar-refractivity contribution is -0.146. The molecule has 1 aromatic rings. The molecule has 2 N–H and O–H groups in total. The summed E-state index contributed by atoms with van der Waals surface area (Å²) < 4.78 is 5.96. The maximum absolute atomic E-state index is 11.6. The molecule has 0 aliphatic carbocycles. The Hall–Kier alpha value is -1.27. The Kier molecular flexibility index (Phi) is 5.83. The van der Waals surface area contributed by atoms with Gasteiger partial charge in [-0.1, -0.05) is 11.6 Å². The van der Waals surface area contributed by atoms with Crippen molar-refractivity contribution in [3.8, 4) is 5.75 Å². The molecule has 0 unspecified atom stereocenters. The van der Waals surface area contributed by atoms with Crippen LogP contribution in [-0.2, 0) is 9.59 Å². The number of carboxylic acid groups (broad SMARTS) is 1. The predicted molar refractivity (Wildman–Crippen MR) is 79.1 cm³/mol. The van der Waals surface area contributed by atoms with Crippen LogP contribution >= 0.6 is 27.5 Å². The highest BCUT2D eigenvalue weighted by Crippen LogP contribution is 2.27. The summed E-state index contributed by atoms with van der Waals surface area (Å²) in [5, 5.41) is 12.0. The molecule has 0 spiro atoms. The van der Waals surface area contributed by atoms with Gasteiger partial charge in [0.15, 0.2) is 6.61 Å². The first kappa shape index (κ1) is 16.8. The molecule has 0 saturated heterocycles. The molecule has 5 nitrogen and oxygen atoms in total. The van der Waals surface area contributed by atoms with Gasteiger partial charge in [0.05, 0.1) is 9.89 Å². The van der Waals surface area contributed by atoms with Gasteiger partial charge >= 0.3 is 5.97 Å². The van der Waals surface area contributed by atoms with E-state index >= 15 is 0 Å². The lowest BCUT2D eigenvalue weighted by atomic mass is 9.94. The Bertz CT molecular complexity index is 519. The molecule has 1 aromatic carbocycles. The average molecular weight is 365 g/mol. The van der Waals surface area contributed by atoms with E-state index in [-0.39, 0.29) is 19.1 Å². The van der Waals surface area contributed by atoms with Crippen LogP contribution in [0.3, 0.4) is 0 Å². The highest BCUT2D eigenvalue weighted by Gasteiger charge is 2.27. The van der Waals surface area contributed by atoms with Crippen LogP contribution in [0.5, 0.6) is 5.75 Å². The van der Waals surface area contributed by atoms with E-state index in [0.29, 0.717) is 15.2 Å². The van der Waals surface area contributed by atoms with Gasteiger partial charge in [-0.15, -0.1) is 0 Å². The summed E-state index contributed by atoms with van der Waals surface area (Å²) in [4.78, 5) is 22.5. The number of ether oxygens (including phenoxy) is 1. The average Bonchev–Trinajstić information content (AvgIpc) is 2.35. The highest BCUT2D eigenvalue weighted by molar-refractivity contribution is 9.10. The number of halogens is 2. The Morgan fingerprint density at radius 2 is 2.10 bits per heavy atom. The minimum atomic E-state index is -1.02. The molecule has 7 heteroatoms. The van der Waals surface area contributed by atoms with Gasteiger partial charge in [-0.2, -0.15) is 0 Å². The Labute approximate surface area is 130 Å². The zero-order chi connectivity index (χ0) is 15.3. The predicted octanol–water partition coefficient (Wildman–Crippen LogP) is 2.71. The lowest BCUT2D eigenvalue weighted by Crippen LogP contribution is -2.40. The molecule has 0 saturated carbocycles. The zero-order valence-electron chi connectivity index (χ0n) is 11.1. The van der Waals surface area contributed by atoms with E-state index in [1.807, 2.05) is 0 Å². The van der Waals surface area contributed by atoms with Gasteiger partial charge in [0.2, 0.25) is 0 Å². The Balaban J connectivity index is 2.46. The minimum Gasteiger partial charge on any atom is -0.483 e. The number of rotatable bonds is 6. The molecule has 0 radical (unpaired) electrons. The molecule has 0 aliphatic rings. The van der Waals surface area contributed by atoms with Crippen LogP contribution in [0.1, 0.15) is 13.8 Å². The van der Waals surface area contributed by atoms with Crippen molar-refractivity contribution in [2.75, 3.05) is 13.2 Å². The van der Waals surface area contributed by atoms with Gasteiger partial charge in [0.1, 0.15) is 5.75 Å². The van der Waals surface area contributed by atoms with Gasteiger partial charge in [-0.3, -0.25) is 9.59 Å².